The second-order valence-corrected chi connectivity index (χ2v) is 20.6. The summed E-state index contributed by atoms with van der Waals surface area (Å²) < 4.78 is 16.9. The third-order valence-electron chi connectivity index (χ3n) is 13.6. The molecular weight excluding hydrogens is 793 g/mol. The summed E-state index contributed by atoms with van der Waals surface area (Å²) in [4.78, 5) is 38.1. The van der Waals surface area contributed by atoms with Crippen LogP contribution in [-0.2, 0) is 28.6 Å². The molecule has 0 aromatic carbocycles. The minimum Gasteiger partial charge on any atom is -0.462 e. The molecule has 0 aromatic rings. The Labute approximate surface area is 399 Å². The average Bonchev–Trinajstić information content (AvgIpc) is 3.28. The fraction of sp³-hybridized carbons (Fsp3) is 0.948. The van der Waals surface area contributed by atoms with E-state index in [1.165, 1.54) is 212 Å². The Kier molecular flexibility index (Phi) is 49.6. The Morgan fingerprint density at radius 2 is 0.594 bits per heavy atom. The Morgan fingerprint density at radius 3 is 0.891 bits per heavy atom. The van der Waals surface area contributed by atoms with Crippen molar-refractivity contribution >= 4 is 17.9 Å². The first-order valence-corrected chi connectivity index (χ1v) is 28.8. The van der Waals surface area contributed by atoms with Crippen molar-refractivity contribution in [2.45, 2.75) is 330 Å². The van der Waals surface area contributed by atoms with Crippen molar-refractivity contribution in [3.8, 4) is 0 Å². The molecule has 6 nitrogen and oxygen atoms in total. The van der Waals surface area contributed by atoms with Gasteiger partial charge in [0.15, 0.2) is 6.10 Å². The van der Waals surface area contributed by atoms with Crippen molar-refractivity contribution in [3.05, 3.63) is 0 Å². The van der Waals surface area contributed by atoms with E-state index in [9.17, 15) is 14.4 Å². The number of ether oxygens (including phenoxy) is 3. The molecule has 380 valence electrons. The summed E-state index contributed by atoms with van der Waals surface area (Å²) in [5.41, 5.74) is 0. The lowest BCUT2D eigenvalue weighted by Gasteiger charge is -2.18. The van der Waals surface area contributed by atoms with Crippen LogP contribution < -0.4 is 0 Å². The van der Waals surface area contributed by atoms with Crippen molar-refractivity contribution in [2.75, 3.05) is 13.2 Å². The largest absolute Gasteiger partial charge is 0.462 e. The van der Waals surface area contributed by atoms with Crippen molar-refractivity contribution in [3.63, 3.8) is 0 Å². The maximum absolute atomic E-state index is 12.8. The van der Waals surface area contributed by atoms with Crippen LogP contribution in [-0.4, -0.2) is 37.2 Å². The standard InChI is InChI=1S/C58H112O6/c1-6-8-9-10-11-12-13-14-15-16-17-18-23-26-29-34-40-45-50-58(61)64-55(52-63-57(60)49-44-39-35-30-31-36-41-46-53(3)4)51-62-56(59)48-43-38-33-28-25-22-20-19-21-24-27-32-37-42-47-54(5)7-2/h53-55H,6-52H2,1-5H3/t54?,55-/m0/s1. The lowest BCUT2D eigenvalue weighted by molar-refractivity contribution is -0.167. The van der Waals surface area contributed by atoms with Crippen LogP contribution in [0.1, 0.15) is 324 Å². The van der Waals surface area contributed by atoms with Gasteiger partial charge >= 0.3 is 17.9 Å². The fourth-order valence-corrected chi connectivity index (χ4v) is 8.84. The Morgan fingerprint density at radius 1 is 0.328 bits per heavy atom. The SMILES string of the molecule is CCCCCCCCCCCCCCCCCCCCC(=O)O[C@@H](COC(=O)CCCCCCCCCCCCCCCCC(C)CC)COC(=O)CCCCCCCCCC(C)C. The number of esters is 3. The van der Waals surface area contributed by atoms with Crippen LogP contribution in [0.4, 0.5) is 0 Å². The highest BCUT2D eigenvalue weighted by molar-refractivity contribution is 5.71. The Balaban J connectivity index is 4.24. The summed E-state index contributed by atoms with van der Waals surface area (Å²) in [5.74, 6) is 0.833. The third-order valence-corrected chi connectivity index (χ3v) is 13.6. The van der Waals surface area contributed by atoms with Crippen LogP contribution in [0, 0.1) is 11.8 Å². The molecule has 0 aliphatic rings. The van der Waals surface area contributed by atoms with E-state index in [4.69, 9.17) is 14.2 Å². The number of carbonyl (C=O) groups excluding carboxylic acids is 3. The maximum atomic E-state index is 12.8. The van der Waals surface area contributed by atoms with E-state index in [0.717, 1.165) is 69.6 Å². The topological polar surface area (TPSA) is 78.9 Å². The molecule has 0 amide bonds. The average molecular weight is 906 g/mol. The molecule has 0 heterocycles. The second kappa shape index (κ2) is 50.8. The van der Waals surface area contributed by atoms with Crippen molar-refractivity contribution in [1.29, 1.82) is 0 Å². The zero-order chi connectivity index (χ0) is 46.8. The van der Waals surface area contributed by atoms with Crippen molar-refractivity contribution < 1.29 is 28.6 Å². The molecule has 0 aliphatic carbocycles. The highest BCUT2D eigenvalue weighted by Crippen LogP contribution is 2.18. The molecule has 0 bridgehead atoms. The highest BCUT2D eigenvalue weighted by Gasteiger charge is 2.19. The van der Waals surface area contributed by atoms with Crippen LogP contribution in [0.3, 0.4) is 0 Å². The summed E-state index contributed by atoms with van der Waals surface area (Å²) in [5, 5.41) is 0. The van der Waals surface area contributed by atoms with Gasteiger partial charge in [0.1, 0.15) is 13.2 Å². The Bertz CT molecular complexity index is 980. The minimum absolute atomic E-state index is 0.0635. The van der Waals surface area contributed by atoms with Gasteiger partial charge in [-0.05, 0) is 31.1 Å². The molecule has 0 saturated carbocycles. The van der Waals surface area contributed by atoms with Gasteiger partial charge in [0.2, 0.25) is 0 Å². The monoisotopic (exact) mass is 905 g/mol. The third kappa shape index (κ3) is 49.8. The predicted molar refractivity (Wildman–Crippen MR) is 275 cm³/mol. The molecule has 64 heavy (non-hydrogen) atoms. The maximum Gasteiger partial charge on any atom is 0.306 e. The zero-order valence-corrected chi connectivity index (χ0v) is 43.9. The normalized spacial score (nSPS) is 12.5. The van der Waals surface area contributed by atoms with Gasteiger partial charge in [-0.2, -0.15) is 0 Å². The quantitative estimate of drug-likeness (QED) is 0.0344. The smallest absolute Gasteiger partial charge is 0.306 e. The molecular formula is C58H112O6. The first-order chi connectivity index (χ1) is 31.3. The summed E-state index contributed by atoms with van der Waals surface area (Å²) in [6, 6.07) is 0. The zero-order valence-electron chi connectivity index (χ0n) is 43.9. The highest BCUT2D eigenvalue weighted by atomic mass is 16.6. The van der Waals surface area contributed by atoms with E-state index in [0.29, 0.717) is 19.3 Å². The predicted octanol–water partition coefficient (Wildman–Crippen LogP) is 18.9. The lowest BCUT2D eigenvalue weighted by Crippen LogP contribution is -2.30. The van der Waals surface area contributed by atoms with Gasteiger partial charge in [-0.15, -0.1) is 0 Å². The molecule has 0 radical (unpaired) electrons. The van der Waals surface area contributed by atoms with Crippen LogP contribution >= 0.6 is 0 Å². The minimum atomic E-state index is -0.763. The van der Waals surface area contributed by atoms with Crippen LogP contribution in [0.15, 0.2) is 0 Å². The van der Waals surface area contributed by atoms with Gasteiger partial charge in [-0.3, -0.25) is 14.4 Å². The van der Waals surface area contributed by atoms with E-state index in [-0.39, 0.29) is 31.1 Å². The van der Waals surface area contributed by atoms with E-state index in [2.05, 4.69) is 34.6 Å². The van der Waals surface area contributed by atoms with Crippen LogP contribution in [0.2, 0.25) is 0 Å². The van der Waals surface area contributed by atoms with Crippen LogP contribution in [0.25, 0.3) is 0 Å². The first-order valence-electron chi connectivity index (χ1n) is 28.8. The summed E-state index contributed by atoms with van der Waals surface area (Å²) in [6.07, 6.45) is 53.8. The number of hydrogen-bond donors (Lipinski definition) is 0. The molecule has 2 atom stereocenters. The van der Waals surface area contributed by atoms with E-state index >= 15 is 0 Å². The molecule has 0 saturated heterocycles. The molecule has 0 N–H and O–H groups in total. The molecule has 0 fully saturated rings. The van der Waals surface area contributed by atoms with Gasteiger partial charge in [0.25, 0.3) is 0 Å². The van der Waals surface area contributed by atoms with E-state index < -0.39 is 6.10 Å². The van der Waals surface area contributed by atoms with Gasteiger partial charge in [0, 0.05) is 19.3 Å². The molecule has 6 heteroatoms. The molecule has 0 aromatic heterocycles. The summed E-state index contributed by atoms with van der Waals surface area (Å²) >= 11 is 0. The van der Waals surface area contributed by atoms with Crippen LogP contribution in [0.5, 0.6) is 0 Å². The van der Waals surface area contributed by atoms with E-state index in [1.54, 1.807) is 0 Å². The molecule has 0 aliphatic heterocycles. The molecule has 0 spiro atoms. The molecule has 1 unspecified atom stereocenters. The number of carbonyl (C=O) groups is 3. The summed E-state index contributed by atoms with van der Waals surface area (Å²) in [7, 11) is 0. The molecule has 0 rings (SSSR count). The van der Waals surface area contributed by atoms with Gasteiger partial charge in [0.05, 0.1) is 0 Å². The summed E-state index contributed by atoms with van der Waals surface area (Å²) in [6.45, 7) is 11.4. The second-order valence-electron chi connectivity index (χ2n) is 20.6. The lowest BCUT2D eigenvalue weighted by atomic mass is 9.99. The van der Waals surface area contributed by atoms with Crippen molar-refractivity contribution in [2.24, 2.45) is 11.8 Å². The Hall–Kier alpha value is -1.59. The van der Waals surface area contributed by atoms with Gasteiger partial charge in [-0.25, -0.2) is 0 Å². The van der Waals surface area contributed by atoms with Crippen molar-refractivity contribution in [1.82, 2.24) is 0 Å². The number of hydrogen-bond acceptors (Lipinski definition) is 6. The van der Waals surface area contributed by atoms with Gasteiger partial charge < -0.3 is 14.2 Å². The van der Waals surface area contributed by atoms with Gasteiger partial charge in [-0.1, -0.05) is 285 Å². The fourth-order valence-electron chi connectivity index (χ4n) is 8.84. The number of rotatable bonds is 52. The number of unbranched alkanes of at least 4 members (excludes halogenated alkanes) is 36. The first kappa shape index (κ1) is 62.4. The van der Waals surface area contributed by atoms with E-state index in [1.807, 2.05) is 0 Å².